The molecule has 3 saturated heterocycles. The van der Waals surface area contributed by atoms with Crippen LogP contribution in [0.5, 0.6) is 0 Å². The third-order valence-corrected chi connectivity index (χ3v) is 4.53. The molecule has 118 valence electrons. The highest BCUT2D eigenvalue weighted by atomic mass is 16.8. The van der Waals surface area contributed by atoms with Crippen LogP contribution in [0.2, 0.25) is 12.6 Å². The van der Waals surface area contributed by atoms with Gasteiger partial charge in [-0.3, -0.25) is 0 Å². The normalized spacial score (nSPS) is 38.7. The predicted octanol–water partition coefficient (Wildman–Crippen LogP) is 2.51. The molecule has 0 aromatic carbocycles. The van der Waals surface area contributed by atoms with Gasteiger partial charge in [-0.15, -0.1) is 0 Å². The quantitative estimate of drug-likeness (QED) is 0.705. The molecule has 0 saturated carbocycles. The Bertz CT molecular complexity index is 345. The van der Waals surface area contributed by atoms with Crippen molar-refractivity contribution >= 4 is 14.2 Å². The molecule has 3 aliphatic rings. The molecule has 0 N–H and O–H groups in total. The summed E-state index contributed by atoms with van der Waals surface area (Å²) in [6, 6.07) is 0. The second kappa shape index (κ2) is 7.00. The first-order chi connectivity index (χ1) is 10.2. The lowest BCUT2D eigenvalue weighted by Crippen LogP contribution is -2.53. The molecule has 0 spiro atoms. The molecule has 5 nitrogen and oxygen atoms in total. The summed E-state index contributed by atoms with van der Waals surface area (Å²) in [6.45, 7) is 6.38. The van der Waals surface area contributed by atoms with E-state index >= 15 is 0 Å². The Morgan fingerprint density at radius 2 is 1.33 bits per heavy atom. The lowest BCUT2D eigenvalue weighted by atomic mass is 9.82. The van der Waals surface area contributed by atoms with E-state index in [0.29, 0.717) is 0 Å². The minimum absolute atomic E-state index is 0.0172. The summed E-state index contributed by atoms with van der Waals surface area (Å²) in [4.78, 5) is 0. The van der Waals surface area contributed by atoms with Crippen molar-refractivity contribution in [3.63, 3.8) is 0 Å². The Kier molecular flexibility index (Phi) is 5.27. The van der Waals surface area contributed by atoms with Crippen molar-refractivity contribution < 1.29 is 23.4 Å². The first-order valence-corrected chi connectivity index (χ1v) is 8.50. The molecule has 0 bridgehead atoms. The number of unbranched alkanes of at least 4 members (excludes halogenated alkanes) is 2. The molecular weight excluding hydrogens is 270 g/mol. The summed E-state index contributed by atoms with van der Waals surface area (Å²) in [6.07, 6.45) is 5.78. The maximum absolute atomic E-state index is 6.10. The third kappa shape index (κ3) is 3.32. The van der Waals surface area contributed by atoms with Crippen LogP contribution >= 0.6 is 0 Å². The summed E-state index contributed by atoms with van der Waals surface area (Å²) in [5.74, 6) is 0. The van der Waals surface area contributed by atoms with E-state index in [1.165, 1.54) is 0 Å². The van der Waals surface area contributed by atoms with Gasteiger partial charge in [-0.2, -0.15) is 0 Å². The fourth-order valence-electron chi connectivity index (χ4n) is 3.32. The Morgan fingerprint density at radius 3 is 2.00 bits per heavy atom. The predicted molar refractivity (Wildman–Crippen MR) is 81.0 cm³/mol. The van der Waals surface area contributed by atoms with E-state index in [9.17, 15) is 0 Å². The van der Waals surface area contributed by atoms with Crippen molar-refractivity contribution in [2.24, 2.45) is 0 Å². The second-order valence-electron chi connectivity index (χ2n) is 6.29. The summed E-state index contributed by atoms with van der Waals surface area (Å²) < 4.78 is 30.0. The molecule has 5 atom stereocenters. The van der Waals surface area contributed by atoms with Crippen LogP contribution in [0, 0.1) is 0 Å². The first-order valence-electron chi connectivity index (χ1n) is 8.50. The van der Waals surface area contributed by atoms with Gasteiger partial charge in [-0.25, -0.2) is 0 Å². The van der Waals surface area contributed by atoms with Crippen molar-refractivity contribution in [3.8, 4) is 0 Å². The van der Waals surface area contributed by atoms with Gasteiger partial charge in [0.25, 0.3) is 0 Å². The zero-order chi connectivity index (χ0) is 14.8. The van der Waals surface area contributed by atoms with Crippen molar-refractivity contribution in [3.05, 3.63) is 0 Å². The topological polar surface area (TPSA) is 46.2 Å². The average Bonchev–Trinajstić information content (AvgIpc) is 3.06. The van der Waals surface area contributed by atoms with Crippen LogP contribution in [0.1, 0.15) is 46.5 Å². The molecule has 3 heterocycles. The zero-order valence-corrected chi connectivity index (χ0v) is 13.3. The molecule has 0 aromatic rings. The van der Waals surface area contributed by atoms with Gasteiger partial charge in [-0.05, 0) is 19.6 Å². The van der Waals surface area contributed by atoms with E-state index in [0.717, 1.165) is 38.3 Å². The van der Waals surface area contributed by atoms with Gasteiger partial charge >= 0.3 is 14.2 Å². The molecule has 7 heteroatoms. The summed E-state index contributed by atoms with van der Waals surface area (Å²) in [5.41, 5.74) is 0. The highest BCUT2D eigenvalue weighted by molar-refractivity contribution is 6.46. The van der Waals surface area contributed by atoms with Crippen LogP contribution in [-0.4, -0.2) is 44.9 Å². The third-order valence-electron chi connectivity index (χ3n) is 4.53. The lowest BCUT2D eigenvalue weighted by Gasteiger charge is -2.37. The van der Waals surface area contributed by atoms with Gasteiger partial charge in [-0.1, -0.05) is 39.5 Å². The van der Waals surface area contributed by atoms with Crippen molar-refractivity contribution in [2.75, 3.05) is 0 Å². The van der Waals surface area contributed by atoms with E-state index in [-0.39, 0.29) is 44.9 Å². The van der Waals surface area contributed by atoms with Crippen LogP contribution in [0.15, 0.2) is 0 Å². The maximum atomic E-state index is 6.10. The number of rotatable bonds is 6. The smallest absolute Gasteiger partial charge is 0.403 e. The SMILES string of the molecule is CCCCB1O[C@@H]2O[C@@H](C)[C@H]3OB(CCCC)O[C@H]3[C@@H]2O1. The van der Waals surface area contributed by atoms with Gasteiger partial charge in [0.15, 0.2) is 6.29 Å². The minimum Gasteiger partial charge on any atom is -0.403 e. The summed E-state index contributed by atoms with van der Waals surface area (Å²) in [7, 11) is -0.285. The van der Waals surface area contributed by atoms with Gasteiger partial charge in [0.05, 0.1) is 18.3 Å². The molecule has 0 unspecified atom stereocenters. The van der Waals surface area contributed by atoms with E-state index in [2.05, 4.69) is 13.8 Å². The fourth-order valence-corrected chi connectivity index (χ4v) is 3.32. The van der Waals surface area contributed by atoms with E-state index in [1.54, 1.807) is 0 Å². The molecule has 0 amide bonds. The maximum Gasteiger partial charge on any atom is 0.459 e. The number of hydrogen-bond acceptors (Lipinski definition) is 5. The van der Waals surface area contributed by atoms with E-state index in [4.69, 9.17) is 23.4 Å². The standard InChI is InChI=1S/C14H26B2O5/c1-4-6-8-15-18-11-10(3)17-14-13(12(11)19-15)20-16(21-14)9-7-5-2/h10-14H,4-9H2,1-3H3/t10-,11+,12+,13-,14-/m0/s1. The molecule has 0 aromatic heterocycles. The van der Waals surface area contributed by atoms with Crippen LogP contribution in [-0.2, 0) is 23.4 Å². The Labute approximate surface area is 128 Å². The Morgan fingerprint density at radius 1 is 0.762 bits per heavy atom. The molecule has 0 aliphatic carbocycles. The van der Waals surface area contributed by atoms with Crippen LogP contribution in [0.25, 0.3) is 0 Å². The number of fused-ring (bicyclic) bond motifs is 3. The highest BCUT2D eigenvalue weighted by Crippen LogP contribution is 2.38. The van der Waals surface area contributed by atoms with Gasteiger partial charge in [0.2, 0.25) is 0 Å². The number of hydrogen-bond donors (Lipinski definition) is 0. The highest BCUT2D eigenvalue weighted by Gasteiger charge is 2.57. The molecule has 0 radical (unpaired) electrons. The van der Waals surface area contributed by atoms with E-state index in [1.807, 2.05) is 6.92 Å². The zero-order valence-electron chi connectivity index (χ0n) is 13.3. The van der Waals surface area contributed by atoms with Crippen LogP contribution in [0.3, 0.4) is 0 Å². The molecular formula is C14H26B2O5. The van der Waals surface area contributed by atoms with Gasteiger partial charge in [0, 0.05) is 0 Å². The van der Waals surface area contributed by atoms with Crippen molar-refractivity contribution in [2.45, 2.75) is 89.8 Å². The van der Waals surface area contributed by atoms with E-state index < -0.39 is 0 Å². The summed E-state index contributed by atoms with van der Waals surface area (Å²) >= 11 is 0. The summed E-state index contributed by atoms with van der Waals surface area (Å²) in [5, 5.41) is 0. The Balaban J connectivity index is 1.61. The second-order valence-corrected chi connectivity index (χ2v) is 6.29. The van der Waals surface area contributed by atoms with Crippen molar-refractivity contribution in [1.29, 1.82) is 0 Å². The largest absolute Gasteiger partial charge is 0.459 e. The Hall–Kier alpha value is -0.0701. The van der Waals surface area contributed by atoms with Gasteiger partial charge in [0.1, 0.15) is 6.10 Å². The van der Waals surface area contributed by atoms with Crippen LogP contribution in [0.4, 0.5) is 0 Å². The van der Waals surface area contributed by atoms with Crippen molar-refractivity contribution in [1.82, 2.24) is 0 Å². The molecule has 3 aliphatic heterocycles. The lowest BCUT2D eigenvalue weighted by molar-refractivity contribution is -0.209. The minimum atomic E-state index is -0.309. The first kappa shape index (κ1) is 15.8. The molecule has 3 rings (SSSR count). The van der Waals surface area contributed by atoms with Gasteiger partial charge < -0.3 is 23.4 Å². The fraction of sp³-hybridized carbons (Fsp3) is 1.00. The number of ether oxygens (including phenoxy) is 1. The molecule has 3 fully saturated rings. The molecule has 21 heavy (non-hydrogen) atoms. The van der Waals surface area contributed by atoms with Crippen LogP contribution < -0.4 is 0 Å². The average molecular weight is 296 g/mol. The monoisotopic (exact) mass is 296 g/mol.